The molecule has 5 nitrogen and oxygen atoms in total. The average molecular weight is 285 g/mol. The van der Waals surface area contributed by atoms with E-state index in [0.29, 0.717) is 0 Å². The number of hydrogen-bond donors (Lipinski definition) is 1. The minimum Gasteiger partial charge on any atom is -0.482 e. The zero-order chi connectivity index (χ0) is 15.2. The maximum Gasteiger partial charge on any atom is 0.293 e. The highest BCUT2D eigenvalue weighted by Crippen LogP contribution is 2.14. The zero-order valence-corrected chi connectivity index (χ0v) is 11.8. The number of rotatable bonds is 5. The van der Waals surface area contributed by atoms with E-state index >= 15 is 0 Å². The third-order valence-electron chi connectivity index (χ3n) is 2.98. The lowest BCUT2D eigenvalue weighted by atomic mass is 10.2. The van der Waals surface area contributed by atoms with Crippen LogP contribution < -0.4 is 15.6 Å². The second kappa shape index (κ2) is 6.74. The highest BCUT2D eigenvalue weighted by Gasteiger charge is 2.16. The molecule has 0 bridgehead atoms. The molecule has 1 aromatic carbocycles. The van der Waals surface area contributed by atoms with Gasteiger partial charge in [-0.25, -0.2) is 0 Å². The van der Waals surface area contributed by atoms with Gasteiger partial charge in [0.2, 0.25) is 0 Å². The highest BCUT2D eigenvalue weighted by atomic mass is 16.5. The van der Waals surface area contributed by atoms with Crippen LogP contribution in [-0.4, -0.2) is 17.0 Å². The Labute approximate surface area is 123 Å². The normalized spacial score (nSPS) is 10.2. The maximum absolute atomic E-state index is 12.2. The summed E-state index contributed by atoms with van der Waals surface area (Å²) in [7, 11) is 1.61. The van der Waals surface area contributed by atoms with Crippen molar-refractivity contribution in [2.24, 2.45) is 7.05 Å². The van der Waals surface area contributed by atoms with Crippen molar-refractivity contribution in [1.82, 2.24) is 9.88 Å². The fraction of sp³-hybridized carbons (Fsp3) is 0.188. The molecule has 0 aliphatic heterocycles. The predicted molar refractivity (Wildman–Crippen MR) is 80.1 cm³/mol. The average Bonchev–Trinajstić information content (AvgIpc) is 2.50. The van der Waals surface area contributed by atoms with Crippen LogP contribution in [0.15, 0.2) is 47.4 Å². The number of ether oxygens (including phenoxy) is 1. The lowest BCUT2D eigenvalue weighted by molar-refractivity contribution is 0.0952. The van der Waals surface area contributed by atoms with Crippen molar-refractivity contribution in [2.45, 2.75) is 6.61 Å². The summed E-state index contributed by atoms with van der Waals surface area (Å²) in [4.78, 5) is 24.1. The number of carbonyl (C=O) groups is 1. The Kier molecular flexibility index (Phi) is 4.77. The third kappa shape index (κ3) is 3.51. The second-order valence-electron chi connectivity index (χ2n) is 4.50. The van der Waals surface area contributed by atoms with E-state index < -0.39 is 0 Å². The van der Waals surface area contributed by atoms with Crippen LogP contribution in [-0.2, 0) is 13.7 Å². The molecule has 109 valence electrons. The Hall–Kier alpha value is -2.56. The first-order chi connectivity index (χ1) is 10.1. The number of hydrogen-bond acceptors (Lipinski definition) is 3. The van der Waals surface area contributed by atoms with E-state index in [-0.39, 0.29) is 35.9 Å². The van der Waals surface area contributed by atoms with E-state index in [9.17, 15) is 9.59 Å². The van der Waals surface area contributed by atoms with Gasteiger partial charge in [-0.15, -0.1) is 0 Å². The number of benzene rings is 1. The van der Waals surface area contributed by atoms with Crippen LogP contribution in [0.3, 0.4) is 0 Å². The van der Waals surface area contributed by atoms with Crippen molar-refractivity contribution in [3.8, 4) is 5.75 Å². The van der Waals surface area contributed by atoms with Gasteiger partial charge in [0.1, 0.15) is 6.61 Å². The van der Waals surface area contributed by atoms with E-state index in [1.807, 2.05) is 30.3 Å². The molecule has 0 aliphatic rings. The van der Waals surface area contributed by atoms with E-state index in [1.165, 1.54) is 10.8 Å². The number of nitrogens with one attached hydrogen (secondary N) is 1. The molecule has 0 saturated heterocycles. The fourth-order valence-electron chi connectivity index (χ4n) is 1.86. The van der Waals surface area contributed by atoms with Gasteiger partial charge in [-0.2, -0.15) is 0 Å². The molecule has 0 unspecified atom stereocenters. The Morgan fingerprint density at radius 1 is 1.29 bits per heavy atom. The molecule has 1 heterocycles. The van der Waals surface area contributed by atoms with Crippen molar-refractivity contribution in [1.29, 1.82) is 0 Å². The van der Waals surface area contributed by atoms with Gasteiger partial charge >= 0.3 is 0 Å². The quantitative estimate of drug-likeness (QED) is 0.906. The summed E-state index contributed by atoms with van der Waals surface area (Å²) >= 11 is 0. The molecule has 0 fully saturated rings. The van der Waals surface area contributed by atoms with Gasteiger partial charge < -0.3 is 14.6 Å². The molecule has 2 rings (SSSR count). The Bertz CT molecular complexity index is 678. The summed E-state index contributed by atoms with van der Waals surface area (Å²) in [6, 6.07) is 11.0. The molecule has 21 heavy (non-hydrogen) atoms. The van der Waals surface area contributed by atoms with Crippen molar-refractivity contribution in [2.75, 3.05) is 6.54 Å². The molecular formula is C16H17N2O3. The molecule has 2 aromatic rings. The van der Waals surface area contributed by atoms with Gasteiger partial charge in [-0.05, 0) is 18.6 Å². The molecule has 1 amide bonds. The Morgan fingerprint density at radius 3 is 2.67 bits per heavy atom. The summed E-state index contributed by atoms with van der Waals surface area (Å²) in [6.07, 6.45) is 1.54. The first-order valence-electron chi connectivity index (χ1n) is 6.57. The van der Waals surface area contributed by atoms with Gasteiger partial charge in [-0.1, -0.05) is 30.3 Å². The summed E-state index contributed by atoms with van der Waals surface area (Å²) in [5.74, 6) is -0.319. The Balaban J connectivity index is 2.30. The summed E-state index contributed by atoms with van der Waals surface area (Å²) < 4.78 is 6.96. The van der Waals surface area contributed by atoms with E-state index in [0.717, 1.165) is 5.56 Å². The van der Waals surface area contributed by atoms with Gasteiger partial charge in [0.25, 0.3) is 11.5 Å². The topological polar surface area (TPSA) is 60.3 Å². The first kappa shape index (κ1) is 14.8. The molecule has 1 radical (unpaired) electrons. The summed E-state index contributed by atoms with van der Waals surface area (Å²) in [5.41, 5.74) is 0.798. The summed E-state index contributed by atoms with van der Waals surface area (Å²) in [6.45, 7) is 4.03. The lowest BCUT2D eigenvalue weighted by Crippen LogP contribution is -2.28. The van der Waals surface area contributed by atoms with Crippen molar-refractivity contribution in [3.05, 3.63) is 71.0 Å². The van der Waals surface area contributed by atoms with Crippen LogP contribution in [0.1, 0.15) is 15.9 Å². The van der Waals surface area contributed by atoms with E-state index in [2.05, 4.69) is 12.2 Å². The molecule has 0 aliphatic carbocycles. The number of aromatic nitrogens is 1. The van der Waals surface area contributed by atoms with Gasteiger partial charge in [0, 0.05) is 19.8 Å². The number of aryl methyl sites for hydroxylation is 1. The van der Waals surface area contributed by atoms with Gasteiger partial charge in [0.05, 0.1) is 5.56 Å². The van der Waals surface area contributed by atoms with Gasteiger partial charge in [0.15, 0.2) is 5.75 Å². The van der Waals surface area contributed by atoms with Crippen LogP contribution in [0.25, 0.3) is 0 Å². The van der Waals surface area contributed by atoms with Crippen molar-refractivity contribution in [3.63, 3.8) is 0 Å². The second-order valence-corrected chi connectivity index (χ2v) is 4.50. The van der Waals surface area contributed by atoms with Crippen molar-refractivity contribution >= 4 is 5.91 Å². The number of carbonyl (C=O) groups excluding carboxylic acids is 1. The first-order valence-corrected chi connectivity index (χ1v) is 6.57. The maximum atomic E-state index is 12.2. The third-order valence-corrected chi connectivity index (χ3v) is 2.98. The monoisotopic (exact) mass is 285 g/mol. The van der Waals surface area contributed by atoms with Gasteiger partial charge in [-0.3, -0.25) is 9.59 Å². The number of pyridine rings is 1. The predicted octanol–water partition coefficient (Wildman–Crippen LogP) is 1.53. The van der Waals surface area contributed by atoms with E-state index in [1.54, 1.807) is 13.1 Å². The molecule has 0 atom stereocenters. The minimum absolute atomic E-state index is 0.0507. The largest absolute Gasteiger partial charge is 0.482 e. The molecule has 0 saturated carbocycles. The lowest BCUT2D eigenvalue weighted by Gasteiger charge is -2.12. The molecular weight excluding hydrogens is 268 g/mol. The van der Waals surface area contributed by atoms with Crippen molar-refractivity contribution < 1.29 is 9.53 Å². The Morgan fingerprint density at radius 2 is 2.00 bits per heavy atom. The number of amides is 1. The molecule has 1 N–H and O–H groups in total. The number of nitrogens with zero attached hydrogens (tertiary/aromatic N) is 1. The smallest absolute Gasteiger partial charge is 0.293 e. The highest BCUT2D eigenvalue weighted by molar-refractivity contribution is 5.96. The van der Waals surface area contributed by atoms with E-state index in [4.69, 9.17) is 4.74 Å². The molecule has 0 spiro atoms. The molecule has 1 aromatic heterocycles. The van der Waals surface area contributed by atoms with Crippen LogP contribution in [0.5, 0.6) is 5.75 Å². The standard InChI is InChI=1S/C16H17N2O3/c1-3-17-15(19)13-9-10-18(2)16(20)14(13)21-11-12-7-5-4-6-8-12/h4-10H,1,3,11H2,2H3,(H,17,19). The van der Waals surface area contributed by atoms with Crippen LogP contribution in [0.2, 0.25) is 0 Å². The zero-order valence-electron chi connectivity index (χ0n) is 11.8. The van der Waals surface area contributed by atoms with Crippen LogP contribution >= 0.6 is 0 Å². The minimum atomic E-state index is -0.370. The van der Waals surface area contributed by atoms with Crippen LogP contribution in [0, 0.1) is 6.92 Å². The SMILES string of the molecule is [CH2]CNC(=O)c1ccn(C)c(=O)c1OCc1ccccc1. The fourth-order valence-corrected chi connectivity index (χ4v) is 1.86. The van der Waals surface area contributed by atoms with Crippen LogP contribution in [0.4, 0.5) is 0 Å². The summed E-state index contributed by atoms with van der Waals surface area (Å²) in [5, 5.41) is 2.57. The molecule has 5 heteroatoms.